The Morgan fingerprint density at radius 3 is 2.44 bits per heavy atom. The first-order chi connectivity index (χ1) is 13.1. The highest BCUT2D eigenvalue weighted by Gasteiger charge is 2.43. The molecule has 0 bridgehead atoms. The zero-order valence-corrected chi connectivity index (χ0v) is 16.8. The number of nitrogens with zero attached hydrogens (tertiary/aromatic N) is 2. The van der Waals surface area contributed by atoms with Gasteiger partial charge in [0.2, 0.25) is 11.8 Å². The maximum atomic E-state index is 12.9. The molecule has 2 aliphatic heterocycles. The number of piperazine rings is 1. The number of halogens is 1. The highest BCUT2D eigenvalue weighted by molar-refractivity contribution is 6.30. The molecule has 3 aliphatic rings. The molecule has 2 amide bonds. The van der Waals surface area contributed by atoms with Crippen LogP contribution in [0.1, 0.15) is 56.4 Å². The van der Waals surface area contributed by atoms with Gasteiger partial charge in [-0.3, -0.25) is 9.59 Å². The topological polar surface area (TPSA) is 66.6 Å². The number of hydrogen-bond acceptors (Lipinski definition) is 3. The summed E-state index contributed by atoms with van der Waals surface area (Å²) in [5.41, 5.74) is 5.80. The molecule has 6 heteroatoms. The fourth-order valence-corrected chi connectivity index (χ4v) is 4.98. The number of hydrogen-bond donors (Lipinski definition) is 1. The minimum absolute atomic E-state index is 0.140. The van der Waals surface area contributed by atoms with Crippen LogP contribution in [-0.2, 0) is 9.59 Å². The minimum Gasteiger partial charge on any atom is -0.333 e. The van der Waals surface area contributed by atoms with Gasteiger partial charge in [-0.15, -0.1) is 0 Å². The zero-order chi connectivity index (χ0) is 19.4. The second kappa shape index (κ2) is 9.07. The van der Waals surface area contributed by atoms with Crippen LogP contribution in [0.25, 0.3) is 0 Å². The average Bonchev–Trinajstić information content (AvgIpc) is 2.72. The number of fused-ring (bicyclic) bond motifs is 1. The van der Waals surface area contributed by atoms with Crippen molar-refractivity contribution in [2.75, 3.05) is 20.1 Å². The van der Waals surface area contributed by atoms with Crippen molar-refractivity contribution in [2.45, 2.75) is 62.9 Å². The smallest absolute Gasteiger partial charge is 0.246 e. The SMILES string of the molecule is CN.O=C1C2CCCCN2C(=O)CN1C1CCC(c2cccc(Cl)c2)CC1. The van der Waals surface area contributed by atoms with E-state index in [9.17, 15) is 9.59 Å². The first kappa shape index (κ1) is 20.2. The Labute approximate surface area is 166 Å². The largest absolute Gasteiger partial charge is 0.333 e. The summed E-state index contributed by atoms with van der Waals surface area (Å²) in [4.78, 5) is 29.1. The number of carbonyl (C=O) groups excluding carboxylic acids is 2. The molecule has 1 atom stereocenters. The van der Waals surface area contributed by atoms with Gasteiger partial charge in [0.15, 0.2) is 0 Å². The molecule has 1 aromatic carbocycles. The summed E-state index contributed by atoms with van der Waals surface area (Å²) in [5.74, 6) is 0.837. The lowest BCUT2D eigenvalue weighted by atomic mass is 9.80. The molecule has 2 saturated heterocycles. The molecule has 1 aliphatic carbocycles. The van der Waals surface area contributed by atoms with Gasteiger partial charge in [-0.25, -0.2) is 0 Å². The Kier molecular flexibility index (Phi) is 6.77. The van der Waals surface area contributed by atoms with E-state index in [4.69, 9.17) is 11.6 Å². The zero-order valence-electron chi connectivity index (χ0n) is 16.1. The Balaban J connectivity index is 0.00000102. The van der Waals surface area contributed by atoms with Gasteiger partial charge in [0, 0.05) is 17.6 Å². The minimum atomic E-state index is -0.194. The van der Waals surface area contributed by atoms with Gasteiger partial charge < -0.3 is 15.5 Å². The van der Waals surface area contributed by atoms with Crippen LogP contribution in [0.2, 0.25) is 5.02 Å². The van der Waals surface area contributed by atoms with Gasteiger partial charge in [0.25, 0.3) is 0 Å². The van der Waals surface area contributed by atoms with Crippen molar-refractivity contribution in [2.24, 2.45) is 5.73 Å². The van der Waals surface area contributed by atoms with Crippen LogP contribution in [0.15, 0.2) is 24.3 Å². The Bertz CT molecular complexity index is 673. The second-order valence-corrected chi connectivity index (χ2v) is 8.06. The summed E-state index contributed by atoms with van der Waals surface area (Å²) in [6.07, 6.45) is 6.97. The van der Waals surface area contributed by atoms with E-state index >= 15 is 0 Å². The van der Waals surface area contributed by atoms with E-state index in [0.29, 0.717) is 5.92 Å². The van der Waals surface area contributed by atoms with Crippen molar-refractivity contribution in [3.63, 3.8) is 0 Å². The van der Waals surface area contributed by atoms with Crippen LogP contribution in [-0.4, -0.2) is 53.8 Å². The van der Waals surface area contributed by atoms with Crippen molar-refractivity contribution in [1.29, 1.82) is 0 Å². The molecule has 5 nitrogen and oxygen atoms in total. The third kappa shape index (κ3) is 4.30. The van der Waals surface area contributed by atoms with Crippen LogP contribution in [0.3, 0.4) is 0 Å². The Morgan fingerprint density at radius 2 is 1.74 bits per heavy atom. The van der Waals surface area contributed by atoms with Crippen LogP contribution >= 0.6 is 11.6 Å². The van der Waals surface area contributed by atoms with E-state index in [0.717, 1.165) is 56.5 Å². The average molecular weight is 392 g/mol. The third-order valence-electron chi connectivity index (χ3n) is 6.15. The normalized spacial score (nSPS) is 28.3. The van der Waals surface area contributed by atoms with Crippen molar-refractivity contribution < 1.29 is 9.59 Å². The number of amides is 2. The highest BCUT2D eigenvalue weighted by atomic mass is 35.5. The number of piperidine rings is 1. The number of benzene rings is 1. The van der Waals surface area contributed by atoms with Crippen LogP contribution in [0, 0.1) is 0 Å². The molecule has 4 rings (SSSR count). The standard InChI is InChI=1S/C20H25ClN2O2.CH5N/c21-16-5-3-4-15(12-16)14-7-9-17(10-8-14)23-13-19(24)22-11-2-1-6-18(22)20(23)25;1-2/h3-5,12,14,17-18H,1-2,6-11,13H2;2H2,1H3. The second-order valence-electron chi connectivity index (χ2n) is 7.63. The summed E-state index contributed by atoms with van der Waals surface area (Å²) < 4.78 is 0. The maximum Gasteiger partial charge on any atom is 0.246 e. The molecule has 0 aromatic heterocycles. The molecule has 27 heavy (non-hydrogen) atoms. The van der Waals surface area contributed by atoms with Crippen molar-refractivity contribution >= 4 is 23.4 Å². The summed E-state index contributed by atoms with van der Waals surface area (Å²) in [7, 11) is 1.50. The van der Waals surface area contributed by atoms with E-state index in [-0.39, 0.29) is 30.4 Å². The molecule has 148 valence electrons. The Hall–Kier alpha value is -1.59. The van der Waals surface area contributed by atoms with Crippen LogP contribution in [0.4, 0.5) is 0 Å². The Morgan fingerprint density at radius 1 is 1.00 bits per heavy atom. The monoisotopic (exact) mass is 391 g/mol. The summed E-state index contributed by atoms with van der Waals surface area (Å²) in [5, 5.41) is 0.786. The molecule has 0 spiro atoms. The fraction of sp³-hybridized carbons (Fsp3) is 0.619. The molecule has 1 unspecified atom stereocenters. The first-order valence-corrected chi connectivity index (χ1v) is 10.4. The van der Waals surface area contributed by atoms with Crippen LogP contribution in [0.5, 0.6) is 0 Å². The predicted molar refractivity (Wildman–Crippen MR) is 108 cm³/mol. The lowest BCUT2D eigenvalue weighted by molar-refractivity contribution is -0.160. The summed E-state index contributed by atoms with van der Waals surface area (Å²) in [6.45, 7) is 1.03. The van der Waals surface area contributed by atoms with Gasteiger partial charge in [0.05, 0.1) is 0 Å². The molecule has 1 saturated carbocycles. The molecular weight excluding hydrogens is 362 g/mol. The quantitative estimate of drug-likeness (QED) is 0.841. The molecular formula is C21H30ClN3O2. The van der Waals surface area contributed by atoms with Gasteiger partial charge >= 0.3 is 0 Å². The predicted octanol–water partition coefficient (Wildman–Crippen LogP) is 3.16. The summed E-state index contributed by atoms with van der Waals surface area (Å²) >= 11 is 6.12. The van der Waals surface area contributed by atoms with Crippen LogP contribution < -0.4 is 5.73 Å². The van der Waals surface area contributed by atoms with E-state index in [1.807, 2.05) is 21.9 Å². The lowest BCUT2D eigenvalue weighted by Crippen LogP contribution is -2.63. The highest BCUT2D eigenvalue weighted by Crippen LogP contribution is 2.37. The molecule has 0 radical (unpaired) electrons. The van der Waals surface area contributed by atoms with Gasteiger partial charge in [-0.2, -0.15) is 0 Å². The fourth-order valence-electron chi connectivity index (χ4n) is 4.78. The number of nitrogens with two attached hydrogens (primary N) is 1. The van der Waals surface area contributed by atoms with Crippen molar-refractivity contribution in [3.05, 3.63) is 34.9 Å². The third-order valence-corrected chi connectivity index (χ3v) is 6.39. The lowest BCUT2D eigenvalue weighted by Gasteiger charge is -2.46. The summed E-state index contributed by atoms with van der Waals surface area (Å²) in [6, 6.07) is 8.14. The van der Waals surface area contributed by atoms with Crippen molar-refractivity contribution in [1.82, 2.24) is 9.80 Å². The molecule has 2 heterocycles. The number of rotatable bonds is 2. The molecule has 3 fully saturated rings. The first-order valence-electron chi connectivity index (χ1n) is 10.1. The van der Waals surface area contributed by atoms with Gasteiger partial charge in [-0.05, 0) is 75.6 Å². The molecule has 1 aromatic rings. The van der Waals surface area contributed by atoms with Gasteiger partial charge in [0.1, 0.15) is 12.6 Å². The van der Waals surface area contributed by atoms with E-state index in [1.54, 1.807) is 0 Å². The van der Waals surface area contributed by atoms with Gasteiger partial charge in [-0.1, -0.05) is 23.7 Å². The van der Waals surface area contributed by atoms with Crippen molar-refractivity contribution in [3.8, 4) is 0 Å². The van der Waals surface area contributed by atoms with E-state index in [2.05, 4.69) is 17.9 Å². The number of carbonyl (C=O) groups is 2. The van der Waals surface area contributed by atoms with E-state index in [1.165, 1.54) is 12.6 Å². The molecule has 2 N–H and O–H groups in total. The maximum absolute atomic E-state index is 12.9. The van der Waals surface area contributed by atoms with E-state index < -0.39 is 0 Å².